The first-order valence-electron chi connectivity index (χ1n) is 8.44. The molecule has 2 amide bonds. The molecular formula is C18H20F2N2O4. The second-order valence-electron chi connectivity index (χ2n) is 6.15. The number of carbonyl (C=O) groups excluding carboxylic acids is 2. The number of allylic oxidation sites excluding steroid dienone is 1. The first kappa shape index (κ1) is 18.2. The average molecular weight is 366 g/mol. The van der Waals surface area contributed by atoms with Crippen LogP contribution in [-0.4, -0.2) is 36.2 Å². The van der Waals surface area contributed by atoms with Crippen molar-refractivity contribution in [3.05, 3.63) is 41.1 Å². The number of esters is 1. The van der Waals surface area contributed by atoms with Crippen molar-refractivity contribution < 1.29 is 27.8 Å². The molecule has 1 atom stereocenters. The smallest absolute Gasteiger partial charge is 0.387 e. The van der Waals surface area contributed by atoms with Crippen LogP contribution in [0.5, 0.6) is 5.75 Å². The Balaban J connectivity index is 1.95. The van der Waals surface area contributed by atoms with Crippen molar-refractivity contribution in [3.8, 4) is 5.75 Å². The SMILES string of the molecule is CCOC(=O)C1=C(C)N(C2CC2)C(=O)N[C@H]1c1ccc(OC(F)F)cc1. The Kier molecular flexibility index (Phi) is 5.11. The minimum absolute atomic E-state index is 0.00359. The predicted molar refractivity (Wildman–Crippen MR) is 88.5 cm³/mol. The Hall–Kier alpha value is -2.64. The summed E-state index contributed by atoms with van der Waals surface area (Å²) in [6, 6.07) is 4.94. The summed E-state index contributed by atoms with van der Waals surface area (Å²) in [5.41, 5.74) is 1.49. The quantitative estimate of drug-likeness (QED) is 0.784. The molecular weight excluding hydrogens is 346 g/mol. The topological polar surface area (TPSA) is 67.9 Å². The number of alkyl halides is 2. The first-order valence-corrected chi connectivity index (χ1v) is 8.44. The molecule has 2 aliphatic rings. The van der Waals surface area contributed by atoms with E-state index in [2.05, 4.69) is 10.1 Å². The minimum Gasteiger partial charge on any atom is -0.463 e. The molecule has 0 saturated heterocycles. The fourth-order valence-electron chi connectivity index (χ4n) is 3.09. The molecule has 1 aliphatic heterocycles. The van der Waals surface area contributed by atoms with E-state index in [4.69, 9.17) is 4.74 Å². The molecule has 1 N–H and O–H groups in total. The molecule has 1 aromatic carbocycles. The van der Waals surface area contributed by atoms with Gasteiger partial charge in [-0.15, -0.1) is 0 Å². The molecule has 6 nitrogen and oxygen atoms in total. The van der Waals surface area contributed by atoms with E-state index in [1.165, 1.54) is 12.1 Å². The number of rotatable bonds is 6. The summed E-state index contributed by atoms with van der Waals surface area (Å²) in [4.78, 5) is 26.6. The van der Waals surface area contributed by atoms with Crippen LogP contribution in [0.4, 0.5) is 13.6 Å². The molecule has 0 unspecified atom stereocenters. The van der Waals surface area contributed by atoms with Gasteiger partial charge >= 0.3 is 18.6 Å². The van der Waals surface area contributed by atoms with E-state index in [0.717, 1.165) is 12.8 Å². The number of amides is 2. The van der Waals surface area contributed by atoms with Crippen LogP contribution in [0.15, 0.2) is 35.5 Å². The zero-order chi connectivity index (χ0) is 18.8. The standard InChI is InChI=1S/C18H20F2N2O4/c1-3-25-16(23)14-10(2)22(12-6-7-12)18(24)21-15(14)11-4-8-13(9-5-11)26-17(19)20/h4-5,8-9,12,15,17H,3,6-7H2,1-2H3,(H,21,24)/t15-/m0/s1. The van der Waals surface area contributed by atoms with Gasteiger partial charge in [0, 0.05) is 11.7 Å². The van der Waals surface area contributed by atoms with Gasteiger partial charge < -0.3 is 14.8 Å². The summed E-state index contributed by atoms with van der Waals surface area (Å²) in [6.45, 7) is 0.727. The number of nitrogens with zero attached hydrogens (tertiary/aromatic N) is 1. The zero-order valence-corrected chi connectivity index (χ0v) is 14.5. The minimum atomic E-state index is -2.92. The highest BCUT2D eigenvalue weighted by Crippen LogP contribution is 2.38. The Morgan fingerprint density at radius 2 is 1.96 bits per heavy atom. The highest BCUT2D eigenvalue weighted by molar-refractivity contribution is 5.95. The van der Waals surface area contributed by atoms with Crippen LogP contribution in [0.25, 0.3) is 0 Å². The number of hydrogen-bond acceptors (Lipinski definition) is 4. The summed E-state index contributed by atoms with van der Waals surface area (Å²) in [5, 5.41) is 2.82. The number of urea groups is 1. The van der Waals surface area contributed by atoms with Crippen LogP contribution in [0.3, 0.4) is 0 Å². The van der Waals surface area contributed by atoms with Crippen molar-refractivity contribution in [1.29, 1.82) is 0 Å². The van der Waals surface area contributed by atoms with Gasteiger partial charge in [0.25, 0.3) is 0 Å². The van der Waals surface area contributed by atoms with Crippen LogP contribution in [0, 0.1) is 0 Å². The molecule has 0 radical (unpaired) electrons. The maximum Gasteiger partial charge on any atom is 0.387 e. The monoisotopic (exact) mass is 366 g/mol. The van der Waals surface area contributed by atoms with Crippen molar-refractivity contribution in [3.63, 3.8) is 0 Å². The van der Waals surface area contributed by atoms with Gasteiger partial charge in [-0.2, -0.15) is 8.78 Å². The van der Waals surface area contributed by atoms with Crippen LogP contribution >= 0.6 is 0 Å². The molecule has 3 rings (SSSR count). The molecule has 1 saturated carbocycles. The predicted octanol–water partition coefficient (Wildman–Crippen LogP) is 3.35. The Morgan fingerprint density at radius 1 is 1.31 bits per heavy atom. The van der Waals surface area contributed by atoms with Gasteiger partial charge in [0.05, 0.1) is 18.2 Å². The lowest BCUT2D eigenvalue weighted by Gasteiger charge is -2.35. The third-order valence-corrected chi connectivity index (χ3v) is 4.37. The number of benzene rings is 1. The summed E-state index contributed by atoms with van der Waals surface area (Å²) in [7, 11) is 0. The lowest BCUT2D eigenvalue weighted by atomic mass is 9.94. The normalized spacial score (nSPS) is 20.3. The molecule has 140 valence electrons. The first-order chi connectivity index (χ1) is 12.4. The summed E-state index contributed by atoms with van der Waals surface area (Å²) in [5.74, 6) is -0.502. The van der Waals surface area contributed by atoms with E-state index in [0.29, 0.717) is 16.8 Å². The molecule has 0 spiro atoms. The van der Waals surface area contributed by atoms with Crippen molar-refractivity contribution in [1.82, 2.24) is 10.2 Å². The van der Waals surface area contributed by atoms with Crippen molar-refractivity contribution in [2.45, 2.75) is 45.4 Å². The number of nitrogens with one attached hydrogen (secondary N) is 1. The fraction of sp³-hybridized carbons (Fsp3) is 0.444. The molecule has 1 aliphatic carbocycles. The third kappa shape index (κ3) is 3.63. The van der Waals surface area contributed by atoms with Gasteiger partial charge in [-0.25, -0.2) is 9.59 Å². The Labute approximate surface area is 149 Å². The van der Waals surface area contributed by atoms with Crippen molar-refractivity contribution in [2.75, 3.05) is 6.61 Å². The number of carbonyl (C=O) groups is 2. The van der Waals surface area contributed by atoms with Gasteiger partial charge in [0.2, 0.25) is 0 Å². The van der Waals surface area contributed by atoms with E-state index < -0.39 is 18.6 Å². The molecule has 0 aromatic heterocycles. The lowest BCUT2D eigenvalue weighted by Crippen LogP contribution is -2.48. The average Bonchev–Trinajstić information content (AvgIpc) is 3.39. The maximum absolute atomic E-state index is 12.5. The van der Waals surface area contributed by atoms with Gasteiger partial charge in [-0.3, -0.25) is 4.90 Å². The van der Waals surface area contributed by atoms with Gasteiger partial charge in [0.1, 0.15) is 5.75 Å². The van der Waals surface area contributed by atoms with Gasteiger partial charge in [-0.05, 0) is 44.4 Å². The summed E-state index contributed by atoms with van der Waals surface area (Å²) in [6.07, 6.45) is 1.79. The van der Waals surface area contributed by atoms with E-state index in [1.54, 1.807) is 30.9 Å². The van der Waals surface area contributed by atoms with Crippen LogP contribution in [0.2, 0.25) is 0 Å². The van der Waals surface area contributed by atoms with Crippen LogP contribution < -0.4 is 10.1 Å². The zero-order valence-electron chi connectivity index (χ0n) is 14.5. The molecule has 26 heavy (non-hydrogen) atoms. The van der Waals surface area contributed by atoms with Crippen molar-refractivity contribution >= 4 is 12.0 Å². The van der Waals surface area contributed by atoms with E-state index >= 15 is 0 Å². The largest absolute Gasteiger partial charge is 0.463 e. The highest BCUT2D eigenvalue weighted by atomic mass is 19.3. The fourth-order valence-corrected chi connectivity index (χ4v) is 3.09. The second kappa shape index (κ2) is 7.31. The highest BCUT2D eigenvalue weighted by Gasteiger charge is 2.42. The molecule has 1 aromatic rings. The molecule has 8 heteroatoms. The van der Waals surface area contributed by atoms with Gasteiger partial charge in [0.15, 0.2) is 0 Å². The van der Waals surface area contributed by atoms with Crippen LogP contribution in [0.1, 0.15) is 38.3 Å². The third-order valence-electron chi connectivity index (χ3n) is 4.37. The van der Waals surface area contributed by atoms with Crippen LogP contribution in [-0.2, 0) is 9.53 Å². The maximum atomic E-state index is 12.5. The number of halogens is 2. The van der Waals surface area contributed by atoms with E-state index in [9.17, 15) is 18.4 Å². The molecule has 1 fully saturated rings. The van der Waals surface area contributed by atoms with Crippen molar-refractivity contribution in [2.24, 2.45) is 0 Å². The lowest BCUT2D eigenvalue weighted by molar-refractivity contribution is -0.139. The van der Waals surface area contributed by atoms with E-state index in [-0.39, 0.29) is 24.4 Å². The number of hydrogen-bond donors (Lipinski definition) is 1. The Morgan fingerprint density at radius 3 is 2.50 bits per heavy atom. The number of ether oxygens (including phenoxy) is 2. The summed E-state index contributed by atoms with van der Waals surface area (Å²) < 4.78 is 34.1. The Bertz CT molecular complexity index is 729. The second-order valence-corrected chi connectivity index (χ2v) is 6.15. The summed E-state index contributed by atoms with van der Waals surface area (Å²) >= 11 is 0. The molecule has 0 bridgehead atoms. The van der Waals surface area contributed by atoms with Gasteiger partial charge in [-0.1, -0.05) is 12.1 Å². The van der Waals surface area contributed by atoms with E-state index in [1.807, 2.05) is 0 Å². The molecule has 1 heterocycles.